The summed E-state index contributed by atoms with van der Waals surface area (Å²) in [5.74, 6) is 1.78. The van der Waals surface area contributed by atoms with E-state index in [0.717, 1.165) is 73.7 Å². The first-order chi connectivity index (χ1) is 15.5. The molecule has 4 rings (SSSR count). The highest BCUT2D eigenvalue weighted by molar-refractivity contribution is 6.31. The summed E-state index contributed by atoms with van der Waals surface area (Å²) in [6.45, 7) is 11.7. The van der Waals surface area contributed by atoms with Crippen molar-refractivity contribution in [1.82, 2.24) is 20.2 Å². The average molecular weight is 479 g/mol. The number of halogens is 2. The Hall–Kier alpha value is -2.11. The Bertz CT molecular complexity index is 912. The molecular weight excluding hydrogens is 447 g/mol. The van der Waals surface area contributed by atoms with Crippen LogP contribution in [0, 0.1) is 11.3 Å². The molecule has 3 heterocycles. The van der Waals surface area contributed by atoms with Crippen LogP contribution in [0.3, 0.4) is 0 Å². The highest BCUT2D eigenvalue weighted by atomic mass is 35.5. The lowest BCUT2D eigenvalue weighted by atomic mass is 10.2. The first-order valence-electron chi connectivity index (χ1n) is 10.8. The molecule has 0 aliphatic carbocycles. The van der Waals surface area contributed by atoms with Crippen LogP contribution in [0.25, 0.3) is 0 Å². The molecule has 2 aliphatic heterocycles. The van der Waals surface area contributed by atoms with Crippen molar-refractivity contribution in [2.24, 2.45) is 0 Å². The minimum absolute atomic E-state index is 0.318. The van der Waals surface area contributed by atoms with Gasteiger partial charge in [-0.15, -0.1) is 0 Å². The summed E-state index contributed by atoms with van der Waals surface area (Å²) in [6, 6.07) is 7.49. The molecule has 9 heteroatoms. The summed E-state index contributed by atoms with van der Waals surface area (Å²) >= 11 is 12.6. The second kappa shape index (κ2) is 13.4. The Morgan fingerprint density at radius 1 is 1.16 bits per heavy atom. The summed E-state index contributed by atoms with van der Waals surface area (Å²) < 4.78 is 5.32. The van der Waals surface area contributed by atoms with E-state index in [0.29, 0.717) is 5.28 Å². The number of hydrogen-bond acceptors (Lipinski definition) is 7. The number of rotatable bonds is 4. The van der Waals surface area contributed by atoms with E-state index in [1.807, 2.05) is 18.2 Å². The molecule has 0 amide bonds. The van der Waals surface area contributed by atoms with E-state index in [1.54, 1.807) is 13.2 Å². The van der Waals surface area contributed by atoms with E-state index in [2.05, 4.69) is 38.9 Å². The third-order valence-electron chi connectivity index (χ3n) is 4.86. The molecule has 0 saturated carbocycles. The smallest absolute Gasteiger partial charge is 0.224 e. The molecule has 2 aromatic rings. The van der Waals surface area contributed by atoms with Crippen molar-refractivity contribution in [2.75, 3.05) is 38.2 Å². The number of ether oxygens (including phenoxy) is 1. The number of nitrogens with zero attached hydrogens (tertiary/aromatic N) is 5. The predicted octanol–water partition coefficient (Wildman–Crippen LogP) is 4.66. The van der Waals surface area contributed by atoms with Gasteiger partial charge in [-0.3, -0.25) is 4.90 Å². The van der Waals surface area contributed by atoms with Crippen LogP contribution in [0.2, 0.25) is 10.3 Å². The summed E-state index contributed by atoms with van der Waals surface area (Å²) in [5.41, 5.74) is 3.23. The van der Waals surface area contributed by atoms with Gasteiger partial charge in [0.05, 0.1) is 18.9 Å². The zero-order chi connectivity index (χ0) is 23.5. The molecule has 32 heavy (non-hydrogen) atoms. The van der Waals surface area contributed by atoms with Crippen LogP contribution in [0.5, 0.6) is 5.75 Å². The fraction of sp³-hybridized carbons (Fsp3) is 0.522. The van der Waals surface area contributed by atoms with Gasteiger partial charge in [-0.2, -0.15) is 5.26 Å². The maximum Gasteiger partial charge on any atom is 0.224 e. The molecule has 1 aromatic heterocycles. The third-order valence-corrected chi connectivity index (χ3v) is 5.40. The minimum atomic E-state index is 0.318. The second-order valence-electron chi connectivity index (χ2n) is 7.51. The molecule has 2 aliphatic rings. The first kappa shape index (κ1) is 26.1. The van der Waals surface area contributed by atoms with Crippen molar-refractivity contribution in [1.29, 1.82) is 5.26 Å². The highest BCUT2D eigenvalue weighted by Crippen LogP contribution is 2.33. The van der Waals surface area contributed by atoms with Crippen LogP contribution < -0.4 is 15.0 Å². The van der Waals surface area contributed by atoms with Gasteiger partial charge in [0.25, 0.3) is 0 Å². The first-order valence-corrected chi connectivity index (χ1v) is 11.6. The summed E-state index contributed by atoms with van der Waals surface area (Å²) in [5, 5.41) is 11.8. The van der Waals surface area contributed by atoms with Crippen LogP contribution in [0.4, 0.5) is 5.82 Å². The summed E-state index contributed by atoms with van der Waals surface area (Å²) in [7, 11) is 1.66. The average Bonchev–Trinajstić information content (AvgIpc) is 3.18. The number of anilines is 1. The van der Waals surface area contributed by atoms with Gasteiger partial charge < -0.3 is 15.0 Å². The van der Waals surface area contributed by atoms with E-state index in [1.165, 1.54) is 18.9 Å². The van der Waals surface area contributed by atoms with E-state index in [-0.39, 0.29) is 0 Å². The van der Waals surface area contributed by atoms with Gasteiger partial charge in [-0.05, 0) is 35.4 Å². The van der Waals surface area contributed by atoms with Gasteiger partial charge >= 0.3 is 0 Å². The lowest BCUT2D eigenvalue weighted by molar-refractivity contribution is 0.273. The van der Waals surface area contributed by atoms with Crippen molar-refractivity contribution in [3.63, 3.8) is 0 Å². The number of methoxy groups -OCH3 is 1. The number of piperazine rings is 1. The number of fused-ring (bicyclic) bond motifs is 1. The largest absolute Gasteiger partial charge is 0.497 e. The molecule has 0 bridgehead atoms. The minimum Gasteiger partial charge on any atom is -0.497 e. The summed E-state index contributed by atoms with van der Waals surface area (Å²) in [4.78, 5) is 13.6. The summed E-state index contributed by atoms with van der Waals surface area (Å²) in [6.07, 6.45) is 1.25. The maximum absolute atomic E-state index is 7.32. The van der Waals surface area contributed by atoms with Crippen molar-refractivity contribution >= 4 is 29.0 Å². The van der Waals surface area contributed by atoms with E-state index in [4.69, 9.17) is 33.2 Å². The number of aromatic nitrogens is 2. The number of benzene rings is 1. The van der Waals surface area contributed by atoms with E-state index < -0.39 is 0 Å². The molecule has 0 radical (unpaired) electrons. The fourth-order valence-electron chi connectivity index (χ4n) is 3.56. The lowest BCUT2D eigenvalue weighted by Gasteiger charge is -2.29. The maximum atomic E-state index is 7.32. The zero-order valence-electron chi connectivity index (χ0n) is 19.3. The quantitative estimate of drug-likeness (QED) is 0.639. The van der Waals surface area contributed by atoms with Gasteiger partial charge in [0, 0.05) is 63.3 Å². The predicted molar refractivity (Wildman–Crippen MR) is 130 cm³/mol. The Kier molecular flexibility index (Phi) is 11.0. The Labute approximate surface area is 201 Å². The second-order valence-corrected chi connectivity index (χ2v) is 8.26. The topological polar surface area (TPSA) is 77.3 Å². The molecular formula is C23H32Cl2N6O. The van der Waals surface area contributed by atoms with Crippen LogP contribution in [-0.2, 0) is 19.6 Å². The number of nitrogens with one attached hydrogen (secondary N) is 1. The number of nitriles is 1. The van der Waals surface area contributed by atoms with Crippen LogP contribution in [0.15, 0.2) is 18.2 Å². The van der Waals surface area contributed by atoms with Crippen LogP contribution >= 0.6 is 23.2 Å². The normalized spacial score (nSPS) is 15.0. The SMILES string of the molecule is CC#N.CCC.COc1ccc(Cl)c(CN2Cc3nc(Cl)nc(N4CCNCC4)c3C2)c1. The Morgan fingerprint density at radius 2 is 1.81 bits per heavy atom. The van der Waals surface area contributed by atoms with Crippen molar-refractivity contribution in [3.8, 4) is 11.8 Å². The molecule has 1 saturated heterocycles. The molecule has 1 N–H and O–H groups in total. The zero-order valence-corrected chi connectivity index (χ0v) is 20.8. The lowest BCUT2D eigenvalue weighted by Crippen LogP contribution is -2.44. The van der Waals surface area contributed by atoms with E-state index >= 15 is 0 Å². The van der Waals surface area contributed by atoms with Gasteiger partial charge in [-0.1, -0.05) is 31.9 Å². The number of hydrogen-bond donors (Lipinski definition) is 1. The molecule has 0 spiro atoms. The molecule has 1 fully saturated rings. The van der Waals surface area contributed by atoms with Gasteiger partial charge in [0.2, 0.25) is 5.28 Å². The van der Waals surface area contributed by atoms with E-state index in [9.17, 15) is 0 Å². The molecule has 174 valence electrons. The van der Waals surface area contributed by atoms with Crippen LogP contribution in [0.1, 0.15) is 44.0 Å². The fourth-order valence-corrected chi connectivity index (χ4v) is 3.92. The van der Waals surface area contributed by atoms with Crippen molar-refractivity contribution in [2.45, 2.75) is 46.8 Å². The van der Waals surface area contributed by atoms with Gasteiger partial charge in [0.15, 0.2) is 0 Å². The van der Waals surface area contributed by atoms with Crippen molar-refractivity contribution in [3.05, 3.63) is 45.3 Å². The van der Waals surface area contributed by atoms with Crippen molar-refractivity contribution < 1.29 is 4.74 Å². The molecule has 7 nitrogen and oxygen atoms in total. The van der Waals surface area contributed by atoms with Gasteiger partial charge in [0.1, 0.15) is 11.6 Å². The molecule has 0 atom stereocenters. The Balaban J connectivity index is 0.000000547. The molecule has 1 aromatic carbocycles. The standard InChI is InChI=1S/C18H21Cl2N5O.C3H8.C2H3N/c1-26-13-2-3-15(19)12(8-13)9-24-10-14-16(11-24)22-18(20)23-17(14)25-6-4-21-5-7-25;1-3-2;1-2-3/h2-3,8,21H,4-7,9-11H2,1H3;3H2,1-2H3;1H3. The van der Waals surface area contributed by atoms with Gasteiger partial charge in [-0.25, -0.2) is 9.97 Å². The van der Waals surface area contributed by atoms with Crippen LogP contribution in [-0.4, -0.2) is 48.2 Å². The highest BCUT2D eigenvalue weighted by Gasteiger charge is 2.28. The Morgan fingerprint density at radius 3 is 2.44 bits per heavy atom. The molecule has 0 unspecified atom stereocenters. The monoisotopic (exact) mass is 478 g/mol. The third kappa shape index (κ3) is 7.21.